The van der Waals surface area contributed by atoms with E-state index in [2.05, 4.69) is 12.2 Å². The smallest absolute Gasteiger partial charge is 0.397 e. The molecule has 0 aliphatic rings. The number of halogens is 2. The predicted octanol–water partition coefficient (Wildman–Crippen LogP) is 8.30. The van der Waals surface area contributed by atoms with Gasteiger partial charge in [-0.2, -0.15) is 0 Å². The zero-order valence-corrected chi connectivity index (χ0v) is 31.4. The molecule has 2 amide bonds. The van der Waals surface area contributed by atoms with Gasteiger partial charge in [-0.25, -0.2) is 9.59 Å². The van der Waals surface area contributed by atoms with Crippen molar-refractivity contribution >= 4 is 64.1 Å². The van der Waals surface area contributed by atoms with Crippen LogP contribution in [-0.4, -0.2) is 61.0 Å². The number of amides is 2. The highest BCUT2D eigenvalue weighted by Gasteiger charge is 2.44. The van der Waals surface area contributed by atoms with Crippen LogP contribution in [0.5, 0.6) is 11.5 Å². The fraction of sp³-hybridized carbons (Fsp3) is 0.541. The molecule has 2 aromatic rings. The van der Waals surface area contributed by atoms with Gasteiger partial charge in [0.2, 0.25) is 0 Å². The number of carbonyl (C=O) groups excluding carboxylic acids is 5. The molecule has 0 radical (unpaired) electrons. The van der Waals surface area contributed by atoms with Crippen LogP contribution in [-0.2, 0) is 28.7 Å². The monoisotopic (exact) mass is 736 g/mol. The largest absolute Gasteiger partial charge is 0.505 e. The lowest BCUT2D eigenvalue weighted by atomic mass is 9.85. The van der Waals surface area contributed by atoms with E-state index in [0.717, 1.165) is 31.4 Å². The predicted molar refractivity (Wildman–Crippen MR) is 194 cm³/mol. The Labute approximate surface area is 304 Å². The molecule has 1 unspecified atom stereocenters. The van der Waals surface area contributed by atoms with Crippen molar-refractivity contribution in [1.82, 2.24) is 0 Å². The van der Waals surface area contributed by atoms with E-state index in [4.69, 9.17) is 37.4 Å². The van der Waals surface area contributed by atoms with Gasteiger partial charge in [0, 0.05) is 11.1 Å². The van der Waals surface area contributed by atoms with Gasteiger partial charge in [-0.1, -0.05) is 109 Å². The van der Waals surface area contributed by atoms with E-state index in [1.165, 1.54) is 91.5 Å². The number of unbranched alkanes of at least 4 members (excludes halogenated alkanes) is 9. The summed E-state index contributed by atoms with van der Waals surface area (Å²) in [4.78, 5) is 67.9. The number of benzene rings is 2. The summed E-state index contributed by atoms with van der Waals surface area (Å²) in [5, 5.41) is 12.1. The number of phenolic OH excluding ortho intramolecular Hbond substituents is 1. The van der Waals surface area contributed by atoms with Gasteiger partial charge in [-0.05, 0) is 43.7 Å². The van der Waals surface area contributed by atoms with Crippen LogP contribution in [0.2, 0.25) is 10.0 Å². The number of methoxy groups -OCH3 is 1. The number of carbonyl (C=O) groups is 5. The molecule has 2 aromatic carbocycles. The summed E-state index contributed by atoms with van der Waals surface area (Å²) in [6.07, 6.45) is 11.4. The van der Waals surface area contributed by atoms with Crippen LogP contribution in [0.3, 0.4) is 0 Å². The summed E-state index contributed by atoms with van der Waals surface area (Å²) in [5.74, 6) is -5.50. The number of esters is 2. The average molecular weight is 738 g/mol. The van der Waals surface area contributed by atoms with E-state index in [9.17, 15) is 29.1 Å². The molecule has 0 spiro atoms. The maximum absolute atomic E-state index is 14.1. The third-order valence-electron chi connectivity index (χ3n) is 7.87. The lowest BCUT2D eigenvalue weighted by molar-refractivity contribution is -0.154. The third kappa shape index (κ3) is 12.5. The minimum Gasteiger partial charge on any atom is -0.505 e. The number of anilines is 2. The number of ether oxygens (including phenoxy) is 3. The topological polar surface area (TPSA) is 149 Å². The maximum atomic E-state index is 14.1. The molecular formula is C37H50Cl2N2O9. The Hall–Kier alpha value is -3.83. The summed E-state index contributed by atoms with van der Waals surface area (Å²) in [5.41, 5.74) is -1.33. The molecule has 11 nitrogen and oxygen atoms in total. The van der Waals surface area contributed by atoms with Crippen molar-refractivity contribution in [3.8, 4) is 11.5 Å². The van der Waals surface area contributed by atoms with Gasteiger partial charge in [0.1, 0.15) is 5.75 Å². The first-order valence-corrected chi connectivity index (χ1v) is 17.8. The van der Waals surface area contributed by atoms with Crippen molar-refractivity contribution < 1.29 is 43.3 Å². The second-order valence-electron chi connectivity index (χ2n) is 12.9. The first-order chi connectivity index (χ1) is 23.7. The van der Waals surface area contributed by atoms with E-state index < -0.39 is 46.7 Å². The van der Waals surface area contributed by atoms with Gasteiger partial charge in [0.15, 0.2) is 17.6 Å². The second-order valence-corrected chi connectivity index (χ2v) is 13.7. The van der Waals surface area contributed by atoms with Crippen molar-refractivity contribution in [3.05, 3.63) is 45.9 Å². The number of hydrogen-bond donors (Lipinski definition) is 2. The minimum atomic E-state index is -1.97. The number of ketones is 1. The van der Waals surface area contributed by atoms with E-state index >= 15 is 0 Å². The molecule has 2 rings (SSSR count). The van der Waals surface area contributed by atoms with Crippen LogP contribution in [0.4, 0.5) is 11.4 Å². The van der Waals surface area contributed by atoms with Gasteiger partial charge >= 0.3 is 17.8 Å². The van der Waals surface area contributed by atoms with Crippen molar-refractivity contribution in [2.45, 2.75) is 105 Å². The zero-order valence-electron chi connectivity index (χ0n) is 29.9. The molecule has 0 aliphatic carbocycles. The highest BCUT2D eigenvalue weighted by atomic mass is 35.5. The van der Waals surface area contributed by atoms with E-state index in [0.29, 0.717) is 11.3 Å². The number of rotatable bonds is 19. The highest BCUT2D eigenvalue weighted by molar-refractivity contribution is 6.42. The standard InChI is InChI=1S/C37H50Cl2N2O9/c1-7-9-10-11-12-13-14-15-16-17-20-50-35(46)24-18-19-29(48-6)28(21-24)40-33(44)30(32(43)37(3,4)5)41(34(45)36(47)49-8-2)25-22-26(38)31(42)27(39)23-25/h18-19,21-23,30,42H,7-17,20H2,1-6H3,(H,40,44). The van der Waals surface area contributed by atoms with Crippen molar-refractivity contribution in [3.63, 3.8) is 0 Å². The number of hydrogen-bond acceptors (Lipinski definition) is 9. The molecule has 50 heavy (non-hydrogen) atoms. The minimum absolute atomic E-state index is 0.00269. The molecular weight excluding hydrogens is 687 g/mol. The zero-order chi connectivity index (χ0) is 37.4. The lowest BCUT2D eigenvalue weighted by Crippen LogP contribution is -2.57. The van der Waals surface area contributed by atoms with Gasteiger partial charge in [0.05, 0.1) is 41.6 Å². The van der Waals surface area contributed by atoms with Crippen LogP contribution in [0, 0.1) is 5.41 Å². The Kier molecular flexibility index (Phi) is 17.6. The fourth-order valence-corrected chi connectivity index (χ4v) is 5.58. The number of phenols is 1. The Bertz CT molecular complexity index is 1470. The molecule has 0 heterocycles. The van der Waals surface area contributed by atoms with Crippen LogP contribution in [0.1, 0.15) is 109 Å². The molecule has 0 aromatic heterocycles. The summed E-state index contributed by atoms with van der Waals surface area (Å²) in [6.45, 7) is 8.35. The average Bonchev–Trinajstić information content (AvgIpc) is 3.07. The first-order valence-electron chi connectivity index (χ1n) is 17.1. The molecule has 276 valence electrons. The number of Topliss-reactive ketones (excluding diaryl/α,β-unsaturated/α-hetero) is 1. The number of aromatic hydroxyl groups is 1. The van der Waals surface area contributed by atoms with E-state index in [1.54, 1.807) is 0 Å². The quantitative estimate of drug-likeness (QED) is 0.0629. The van der Waals surface area contributed by atoms with Gasteiger partial charge in [-0.3, -0.25) is 19.3 Å². The lowest BCUT2D eigenvalue weighted by Gasteiger charge is -2.33. The molecule has 0 saturated heterocycles. The summed E-state index contributed by atoms with van der Waals surface area (Å²) in [7, 11) is 1.35. The second kappa shape index (κ2) is 20.7. The molecule has 1 atom stereocenters. The van der Waals surface area contributed by atoms with Crippen molar-refractivity contribution in [1.29, 1.82) is 0 Å². The van der Waals surface area contributed by atoms with Crippen LogP contribution in [0.25, 0.3) is 0 Å². The normalized spacial score (nSPS) is 11.8. The Morgan fingerprint density at radius 1 is 0.840 bits per heavy atom. The molecule has 0 fully saturated rings. The Morgan fingerprint density at radius 2 is 1.40 bits per heavy atom. The summed E-state index contributed by atoms with van der Waals surface area (Å²) >= 11 is 12.3. The number of nitrogens with one attached hydrogen (secondary N) is 1. The third-order valence-corrected chi connectivity index (χ3v) is 8.44. The number of nitrogens with zero attached hydrogens (tertiary/aromatic N) is 1. The first kappa shape index (κ1) is 42.3. The molecule has 0 bridgehead atoms. The molecule has 0 aliphatic heterocycles. The summed E-state index contributed by atoms with van der Waals surface area (Å²) < 4.78 is 15.8. The highest BCUT2D eigenvalue weighted by Crippen LogP contribution is 2.38. The van der Waals surface area contributed by atoms with Crippen molar-refractivity contribution in [2.24, 2.45) is 5.41 Å². The molecule has 0 saturated carbocycles. The SMILES string of the molecule is CCCCCCCCCCCCOC(=O)c1ccc(OC)c(NC(=O)C(C(=O)C(C)(C)C)N(C(=O)C(=O)OCC)c2cc(Cl)c(O)c(Cl)c2)c1. The van der Waals surface area contributed by atoms with Crippen LogP contribution in [0.15, 0.2) is 30.3 Å². The van der Waals surface area contributed by atoms with E-state index in [-0.39, 0.29) is 45.9 Å². The van der Waals surface area contributed by atoms with Gasteiger partial charge < -0.3 is 24.6 Å². The van der Waals surface area contributed by atoms with Crippen LogP contribution >= 0.6 is 23.2 Å². The van der Waals surface area contributed by atoms with Crippen molar-refractivity contribution in [2.75, 3.05) is 30.5 Å². The molecule has 2 N–H and O–H groups in total. The molecule has 13 heteroatoms. The van der Waals surface area contributed by atoms with Gasteiger partial charge in [-0.15, -0.1) is 0 Å². The Balaban J connectivity index is 2.33. The fourth-order valence-electron chi connectivity index (χ4n) is 5.10. The maximum Gasteiger partial charge on any atom is 0.397 e. The van der Waals surface area contributed by atoms with Gasteiger partial charge in [0.25, 0.3) is 5.91 Å². The van der Waals surface area contributed by atoms with E-state index in [1.807, 2.05) is 0 Å². The Morgan fingerprint density at radius 3 is 1.92 bits per heavy atom. The summed E-state index contributed by atoms with van der Waals surface area (Å²) in [6, 6.07) is 4.46. The van der Waals surface area contributed by atoms with Crippen LogP contribution < -0.4 is 15.0 Å².